The second-order valence-corrected chi connectivity index (χ2v) is 5.85. The van der Waals surface area contributed by atoms with Gasteiger partial charge >= 0.3 is 0 Å². The second kappa shape index (κ2) is 6.61. The van der Waals surface area contributed by atoms with Gasteiger partial charge in [0, 0.05) is 12.2 Å². The van der Waals surface area contributed by atoms with Gasteiger partial charge in [0.25, 0.3) is 0 Å². The minimum atomic E-state index is -3.29. The molecule has 4 nitrogen and oxygen atoms in total. The van der Waals surface area contributed by atoms with Gasteiger partial charge < -0.3 is 5.73 Å². The zero-order valence-electron chi connectivity index (χ0n) is 10.1. The molecule has 0 amide bonds. The van der Waals surface area contributed by atoms with Gasteiger partial charge in [0.1, 0.15) is 0 Å². The Bertz CT molecular complexity index is 426. The van der Waals surface area contributed by atoms with E-state index in [0.29, 0.717) is 5.69 Å². The van der Waals surface area contributed by atoms with Crippen molar-refractivity contribution in [2.45, 2.75) is 26.2 Å². The summed E-state index contributed by atoms with van der Waals surface area (Å²) in [6.07, 6.45) is 3.34. The number of unbranched alkanes of at least 4 members (excludes halogenated alkanes) is 1. The standard InChI is InChI=1S/C12H20N2O2S/c1-2-3-4-11-5-7-12(8-6-11)14-17(15,16)10-9-13/h5-8,14H,2-4,9-10,13H2,1H3. The van der Waals surface area contributed by atoms with Crippen LogP contribution in [0.3, 0.4) is 0 Å². The zero-order chi connectivity index (χ0) is 12.7. The Kier molecular flexibility index (Phi) is 5.44. The summed E-state index contributed by atoms with van der Waals surface area (Å²) in [5.74, 6) is -0.0510. The third-order valence-corrected chi connectivity index (χ3v) is 3.75. The summed E-state index contributed by atoms with van der Waals surface area (Å²) in [5.41, 5.74) is 7.05. The van der Waals surface area contributed by atoms with Crippen molar-refractivity contribution in [2.75, 3.05) is 17.0 Å². The number of nitrogens with two attached hydrogens (primary N) is 1. The molecule has 0 aliphatic heterocycles. The summed E-state index contributed by atoms with van der Waals surface area (Å²) >= 11 is 0. The highest BCUT2D eigenvalue weighted by Crippen LogP contribution is 2.13. The van der Waals surface area contributed by atoms with Crippen molar-refractivity contribution < 1.29 is 8.42 Å². The van der Waals surface area contributed by atoms with Gasteiger partial charge in [0.2, 0.25) is 10.0 Å². The lowest BCUT2D eigenvalue weighted by Crippen LogP contribution is -2.22. The minimum Gasteiger partial charge on any atom is -0.329 e. The molecular formula is C12H20N2O2S. The van der Waals surface area contributed by atoms with E-state index in [2.05, 4.69) is 11.6 Å². The average molecular weight is 256 g/mol. The van der Waals surface area contributed by atoms with Crippen molar-refractivity contribution in [2.24, 2.45) is 5.73 Å². The molecule has 3 N–H and O–H groups in total. The Morgan fingerprint density at radius 3 is 2.41 bits per heavy atom. The predicted molar refractivity (Wildman–Crippen MR) is 71.5 cm³/mol. The maximum Gasteiger partial charge on any atom is 0.233 e. The summed E-state index contributed by atoms with van der Waals surface area (Å²) in [7, 11) is -3.29. The van der Waals surface area contributed by atoms with Crippen molar-refractivity contribution in [1.82, 2.24) is 0 Å². The normalized spacial score (nSPS) is 11.4. The lowest BCUT2D eigenvalue weighted by Gasteiger charge is -2.07. The van der Waals surface area contributed by atoms with E-state index < -0.39 is 10.0 Å². The van der Waals surface area contributed by atoms with Gasteiger partial charge in [0.15, 0.2) is 0 Å². The summed E-state index contributed by atoms with van der Waals surface area (Å²) in [4.78, 5) is 0. The number of benzene rings is 1. The first-order chi connectivity index (χ1) is 8.07. The second-order valence-electron chi connectivity index (χ2n) is 4.01. The molecule has 0 aromatic heterocycles. The Morgan fingerprint density at radius 2 is 1.88 bits per heavy atom. The van der Waals surface area contributed by atoms with E-state index in [4.69, 9.17) is 5.73 Å². The molecule has 17 heavy (non-hydrogen) atoms. The van der Waals surface area contributed by atoms with Gasteiger partial charge in [-0.1, -0.05) is 25.5 Å². The van der Waals surface area contributed by atoms with Crippen molar-refractivity contribution in [3.63, 3.8) is 0 Å². The Hall–Kier alpha value is -1.07. The molecule has 0 saturated carbocycles. The molecular weight excluding hydrogens is 236 g/mol. The van der Waals surface area contributed by atoms with Crippen LogP contribution in [0.4, 0.5) is 5.69 Å². The number of sulfonamides is 1. The maximum absolute atomic E-state index is 11.5. The monoisotopic (exact) mass is 256 g/mol. The number of nitrogens with one attached hydrogen (secondary N) is 1. The van der Waals surface area contributed by atoms with Crippen molar-refractivity contribution >= 4 is 15.7 Å². The smallest absolute Gasteiger partial charge is 0.233 e. The van der Waals surface area contributed by atoms with E-state index in [1.54, 1.807) is 12.1 Å². The van der Waals surface area contributed by atoms with Crippen molar-refractivity contribution in [1.29, 1.82) is 0 Å². The molecule has 0 aliphatic rings. The topological polar surface area (TPSA) is 72.2 Å². The van der Waals surface area contributed by atoms with Gasteiger partial charge in [-0.15, -0.1) is 0 Å². The fraction of sp³-hybridized carbons (Fsp3) is 0.500. The fourth-order valence-corrected chi connectivity index (χ4v) is 2.41. The lowest BCUT2D eigenvalue weighted by molar-refractivity contribution is 0.601. The maximum atomic E-state index is 11.5. The largest absolute Gasteiger partial charge is 0.329 e. The van der Waals surface area contributed by atoms with E-state index in [-0.39, 0.29) is 12.3 Å². The molecule has 1 rings (SSSR count). The van der Waals surface area contributed by atoms with Crippen LogP contribution < -0.4 is 10.5 Å². The van der Waals surface area contributed by atoms with Crippen molar-refractivity contribution in [3.05, 3.63) is 29.8 Å². The fourth-order valence-electron chi connectivity index (χ4n) is 1.51. The van der Waals surface area contributed by atoms with Crippen LogP contribution in [0.5, 0.6) is 0 Å². The third kappa shape index (κ3) is 5.19. The number of hydrogen-bond acceptors (Lipinski definition) is 3. The van der Waals surface area contributed by atoms with Crippen LogP contribution >= 0.6 is 0 Å². The van der Waals surface area contributed by atoms with E-state index in [1.807, 2.05) is 12.1 Å². The minimum absolute atomic E-state index is 0.0510. The molecule has 0 fully saturated rings. The first-order valence-electron chi connectivity index (χ1n) is 5.87. The van der Waals surface area contributed by atoms with Gasteiger partial charge in [-0.3, -0.25) is 4.72 Å². The number of rotatable bonds is 7. The molecule has 0 atom stereocenters. The molecule has 0 saturated heterocycles. The Labute approximate surface area is 103 Å². The highest BCUT2D eigenvalue weighted by Gasteiger charge is 2.08. The SMILES string of the molecule is CCCCc1ccc(NS(=O)(=O)CCN)cc1. The first kappa shape index (κ1) is 14.0. The molecule has 1 aromatic carbocycles. The van der Waals surface area contributed by atoms with Crippen LogP contribution in [-0.4, -0.2) is 20.7 Å². The van der Waals surface area contributed by atoms with Crippen LogP contribution in [0, 0.1) is 0 Å². The first-order valence-corrected chi connectivity index (χ1v) is 7.52. The summed E-state index contributed by atoms with van der Waals surface area (Å²) in [6, 6.07) is 7.49. The molecule has 0 heterocycles. The van der Waals surface area contributed by atoms with Gasteiger partial charge in [-0.05, 0) is 30.5 Å². The zero-order valence-corrected chi connectivity index (χ0v) is 11.0. The van der Waals surface area contributed by atoms with Gasteiger partial charge in [-0.25, -0.2) is 8.42 Å². The number of aryl methyl sites for hydroxylation is 1. The number of hydrogen-bond donors (Lipinski definition) is 2. The predicted octanol–water partition coefficient (Wildman–Crippen LogP) is 1.73. The van der Waals surface area contributed by atoms with Crippen LogP contribution in [0.1, 0.15) is 25.3 Å². The average Bonchev–Trinajstić information content (AvgIpc) is 2.27. The summed E-state index contributed by atoms with van der Waals surface area (Å²) in [5, 5.41) is 0. The Balaban J connectivity index is 2.62. The molecule has 0 aliphatic carbocycles. The van der Waals surface area contributed by atoms with Crippen LogP contribution in [0.25, 0.3) is 0 Å². The van der Waals surface area contributed by atoms with E-state index in [1.165, 1.54) is 5.56 Å². The van der Waals surface area contributed by atoms with E-state index in [0.717, 1.165) is 19.3 Å². The van der Waals surface area contributed by atoms with E-state index >= 15 is 0 Å². The summed E-state index contributed by atoms with van der Waals surface area (Å²) < 4.78 is 25.4. The molecule has 96 valence electrons. The van der Waals surface area contributed by atoms with Crippen LogP contribution in [-0.2, 0) is 16.4 Å². The molecule has 5 heteroatoms. The number of anilines is 1. The van der Waals surface area contributed by atoms with Crippen LogP contribution in [0.15, 0.2) is 24.3 Å². The molecule has 1 aromatic rings. The molecule has 0 spiro atoms. The summed E-state index contributed by atoms with van der Waals surface area (Å²) in [6.45, 7) is 2.28. The third-order valence-electron chi connectivity index (χ3n) is 2.43. The van der Waals surface area contributed by atoms with Gasteiger partial charge in [-0.2, -0.15) is 0 Å². The van der Waals surface area contributed by atoms with Crippen molar-refractivity contribution in [3.8, 4) is 0 Å². The highest BCUT2D eigenvalue weighted by molar-refractivity contribution is 7.92. The molecule has 0 bridgehead atoms. The Morgan fingerprint density at radius 1 is 1.24 bits per heavy atom. The molecule has 0 radical (unpaired) electrons. The highest BCUT2D eigenvalue weighted by atomic mass is 32.2. The van der Waals surface area contributed by atoms with E-state index in [9.17, 15) is 8.42 Å². The van der Waals surface area contributed by atoms with Gasteiger partial charge in [0.05, 0.1) is 5.75 Å². The van der Waals surface area contributed by atoms with Crippen LogP contribution in [0.2, 0.25) is 0 Å². The molecule has 0 unspecified atom stereocenters. The lowest BCUT2D eigenvalue weighted by atomic mass is 10.1. The quantitative estimate of drug-likeness (QED) is 0.780.